The molecule has 0 aliphatic heterocycles. The van der Waals surface area contributed by atoms with Crippen LogP contribution in [0.4, 0.5) is 0 Å². The molecular formula is C11H20ClNS. The molecule has 82 valence electrons. The van der Waals surface area contributed by atoms with Gasteiger partial charge in [-0.25, -0.2) is 0 Å². The van der Waals surface area contributed by atoms with Gasteiger partial charge in [-0.15, -0.1) is 11.6 Å². The Morgan fingerprint density at radius 3 is 2.64 bits per heavy atom. The molecule has 1 nitrogen and oxygen atoms in total. The molecule has 0 aromatic rings. The number of rotatable bonds is 4. The molecular weight excluding hydrogens is 214 g/mol. The molecule has 0 saturated heterocycles. The Hall–Kier alpha value is 0.180. The molecule has 1 saturated carbocycles. The molecule has 3 heteroatoms. The van der Waals surface area contributed by atoms with Crippen molar-refractivity contribution in [1.82, 2.24) is 5.32 Å². The van der Waals surface area contributed by atoms with E-state index in [1.165, 1.54) is 32.1 Å². The molecule has 0 radical (unpaired) electrons. The van der Waals surface area contributed by atoms with E-state index in [2.05, 4.69) is 12.2 Å². The molecule has 0 bridgehead atoms. The molecule has 1 unspecified atom stereocenters. The Bertz CT molecular complexity index is 178. The third-order valence-electron chi connectivity index (χ3n) is 2.77. The van der Waals surface area contributed by atoms with Crippen LogP contribution in [0.25, 0.3) is 0 Å². The summed E-state index contributed by atoms with van der Waals surface area (Å²) in [5.41, 5.74) is 0. The van der Waals surface area contributed by atoms with Crippen LogP contribution in [0.2, 0.25) is 0 Å². The van der Waals surface area contributed by atoms with E-state index in [1.54, 1.807) is 0 Å². The first-order valence-electron chi connectivity index (χ1n) is 5.57. The summed E-state index contributed by atoms with van der Waals surface area (Å²) in [7, 11) is 0. The van der Waals surface area contributed by atoms with Gasteiger partial charge in [0.15, 0.2) is 0 Å². The van der Waals surface area contributed by atoms with E-state index in [0.29, 0.717) is 17.8 Å². The van der Waals surface area contributed by atoms with Crippen LogP contribution in [0, 0.1) is 5.92 Å². The lowest BCUT2D eigenvalue weighted by atomic mass is 9.95. The van der Waals surface area contributed by atoms with E-state index < -0.39 is 0 Å². The van der Waals surface area contributed by atoms with Crippen molar-refractivity contribution in [2.45, 2.75) is 51.5 Å². The highest BCUT2D eigenvalue weighted by Crippen LogP contribution is 2.18. The summed E-state index contributed by atoms with van der Waals surface area (Å²) in [4.78, 5) is 1.00. The number of nitrogens with one attached hydrogen (secondary N) is 1. The molecule has 1 aliphatic carbocycles. The van der Waals surface area contributed by atoms with Crippen molar-refractivity contribution in [3.63, 3.8) is 0 Å². The highest BCUT2D eigenvalue weighted by Gasteiger charge is 2.14. The summed E-state index contributed by atoms with van der Waals surface area (Å²) < 4.78 is 0. The minimum atomic E-state index is 0.500. The van der Waals surface area contributed by atoms with Crippen molar-refractivity contribution in [3.8, 4) is 0 Å². The molecule has 14 heavy (non-hydrogen) atoms. The molecule has 1 fully saturated rings. The maximum Gasteiger partial charge on any atom is 0.0758 e. The number of thiocarbonyl (C=S) groups is 1. The zero-order chi connectivity index (χ0) is 10.4. The first-order valence-corrected chi connectivity index (χ1v) is 6.52. The molecule has 1 aliphatic rings. The second kappa shape index (κ2) is 6.62. The van der Waals surface area contributed by atoms with Crippen molar-refractivity contribution in [2.24, 2.45) is 5.92 Å². The molecule has 0 aromatic carbocycles. The van der Waals surface area contributed by atoms with Crippen molar-refractivity contribution < 1.29 is 0 Å². The summed E-state index contributed by atoms with van der Waals surface area (Å²) in [6, 6.07) is 0.638. The summed E-state index contributed by atoms with van der Waals surface area (Å²) in [6.45, 7) is 2.14. The van der Waals surface area contributed by atoms with Gasteiger partial charge < -0.3 is 5.32 Å². The van der Waals surface area contributed by atoms with E-state index in [1.807, 2.05) is 0 Å². The zero-order valence-corrected chi connectivity index (χ0v) is 10.5. The van der Waals surface area contributed by atoms with Crippen LogP contribution in [0.1, 0.15) is 45.4 Å². The average molecular weight is 234 g/mol. The molecule has 0 aromatic heterocycles. The van der Waals surface area contributed by atoms with Gasteiger partial charge in [0.25, 0.3) is 0 Å². The monoisotopic (exact) mass is 233 g/mol. The molecule has 1 rings (SSSR count). The smallest absolute Gasteiger partial charge is 0.0758 e. The highest BCUT2D eigenvalue weighted by molar-refractivity contribution is 7.80. The SMILES string of the molecule is CC(CCl)CC(=S)NC1CCCCC1. The topological polar surface area (TPSA) is 12.0 Å². The maximum atomic E-state index is 5.75. The van der Waals surface area contributed by atoms with E-state index in [4.69, 9.17) is 23.8 Å². The standard InChI is InChI=1S/C11H20ClNS/c1-9(8-12)7-11(14)13-10-5-3-2-4-6-10/h9-10H,2-8H2,1H3,(H,13,14). The fourth-order valence-electron chi connectivity index (χ4n) is 1.90. The first-order chi connectivity index (χ1) is 6.72. The highest BCUT2D eigenvalue weighted by atomic mass is 35.5. The van der Waals surface area contributed by atoms with Gasteiger partial charge in [0, 0.05) is 18.3 Å². The number of alkyl halides is 1. The fraction of sp³-hybridized carbons (Fsp3) is 0.909. The van der Waals surface area contributed by atoms with Crippen molar-refractivity contribution in [1.29, 1.82) is 0 Å². The maximum absolute atomic E-state index is 5.75. The third-order valence-corrected chi connectivity index (χ3v) is 3.58. The van der Waals surface area contributed by atoms with E-state index in [0.717, 1.165) is 11.4 Å². The lowest BCUT2D eigenvalue weighted by molar-refractivity contribution is 0.412. The quantitative estimate of drug-likeness (QED) is 0.589. The van der Waals surface area contributed by atoms with Gasteiger partial charge in [0.2, 0.25) is 0 Å². The fourth-order valence-corrected chi connectivity index (χ4v) is 2.46. The van der Waals surface area contributed by atoms with Crippen LogP contribution < -0.4 is 5.32 Å². The lowest BCUT2D eigenvalue weighted by Gasteiger charge is -2.24. The average Bonchev–Trinajstić information content (AvgIpc) is 2.19. The minimum Gasteiger partial charge on any atom is -0.377 e. The molecule has 1 atom stereocenters. The van der Waals surface area contributed by atoms with Crippen molar-refractivity contribution >= 4 is 28.8 Å². The van der Waals surface area contributed by atoms with E-state index >= 15 is 0 Å². The largest absolute Gasteiger partial charge is 0.377 e. The van der Waals surface area contributed by atoms with Crippen molar-refractivity contribution in [3.05, 3.63) is 0 Å². The second-order valence-electron chi connectivity index (χ2n) is 4.37. The van der Waals surface area contributed by atoms with Gasteiger partial charge in [0.05, 0.1) is 4.99 Å². The van der Waals surface area contributed by atoms with Gasteiger partial charge in [-0.1, -0.05) is 38.4 Å². The first kappa shape index (κ1) is 12.3. The van der Waals surface area contributed by atoms with Crippen molar-refractivity contribution in [2.75, 3.05) is 5.88 Å². The molecule has 0 spiro atoms. The summed E-state index contributed by atoms with van der Waals surface area (Å²) >= 11 is 11.1. The summed E-state index contributed by atoms with van der Waals surface area (Å²) in [5, 5.41) is 3.46. The third kappa shape index (κ3) is 4.61. The summed E-state index contributed by atoms with van der Waals surface area (Å²) in [5.74, 6) is 1.20. The normalized spacial score (nSPS) is 20.4. The van der Waals surface area contributed by atoms with Crippen LogP contribution in [-0.2, 0) is 0 Å². The Morgan fingerprint density at radius 2 is 2.07 bits per heavy atom. The predicted octanol–water partition coefficient (Wildman–Crippen LogP) is 3.50. The minimum absolute atomic E-state index is 0.500. The van der Waals surface area contributed by atoms with E-state index in [-0.39, 0.29) is 0 Å². The Morgan fingerprint density at radius 1 is 1.43 bits per heavy atom. The predicted molar refractivity (Wildman–Crippen MR) is 67.1 cm³/mol. The van der Waals surface area contributed by atoms with Gasteiger partial charge in [-0.2, -0.15) is 0 Å². The summed E-state index contributed by atoms with van der Waals surface area (Å²) in [6.07, 6.45) is 7.61. The van der Waals surface area contributed by atoms with Gasteiger partial charge in [-0.05, 0) is 18.8 Å². The Kier molecular flexibility index (Phi) is 5.80. The van der Waals surface area contributed by atoms with Gasteiger partial charge >= 0.3 is 0 Å². The lowest BCUT2D eigenvalue weighted by Crippen LogP contribution is -2.35. The van der Waals surface area contributed by atoms with Crippen LogP contribution in [-0.4, -0.2) is 16.9 Å². The molecule has 1 N–H and O–H groups in total. The van der Waals surface area contributed by atoms with Crippen LogP contribution in [0.3, 0.4) is 0 Å². The second-order valence-corrected chi connectivity index (χ2v) is 5.17. The number of hydrogen-bond acceptors (Lipinski definition) is 1. The number of halogens is 1. The zero-order valence-electron chi connectivity index (χ0n) is 8.89. The Labute approximate surface area is 97.6 Å². The van der Waals surface area contributed by atoms with Gasteiger partial charge in [-0.3, -0.25) is 0 Å². The van der Waals surface area contributed by atoms with Gasteiger partial charge in [0.1, 0.15) is 0 Å². The Balaban J connectivity index is 2.18. The van der Waals surface area contributed by atoms with E-state index in [9.17, 15) is 0 Å². The van der Waals surface area contributed by atoms with Crippen LogP contribution in [0.15, 0.2) is 0 Å². The molecule has 0 amide bonds. The van der Waals surface area contributed by atoms with Crippen LogP contribution in [0.5, 0.6) is 0 Å². The number of hydrogen-bond donors (Lipinski definition) is 1. The van der Waals surface area contributed by atoms with Crippen LogP contribution >= 0.6 is 23.8 Å². The molecule has 0 heterocycles.